The Morgan fingerprint density at radius 2 is 2.30 bits per heavy atom. The summed E-state index contributed by atoms with van der Waals surface area (Å²) in [7, 11) is 0. The molecular weight excluding hydrogens is 136 g/mol. The summed E-state index contributed by atoms with van der Waals surface area (Å²) in [6, 6.07) is 0. The van der Waals surface area contributed by atoms with Crippen molar-refractivity contribution >= 4 is 5.78 Å². The predicted octanol–water partition coefficient (Wildman–Crippen LogP) is -1.29. The van der Waals surface area contributed by atoms with Crippen molar-refractivity contribution in [3.8, 4) is 0 Å². The lowest BCUT2D eigenvalue weighted by atomic mass is 10.1. The molecule has 4 nitrogen and oxygen atoms in total. The zero-order valence-corrected chi connectivity index (χ0v) is 5.32. The summed E-state index contributed by atoms with van der Waals surface area (Å²) in [6.07, 6.45) is -1.50. The minimum absolute atomic E-state index is 0.0541. The van der Waals surface area contributed by atoms with Crippen LogP contribution in [0.4, 0.5) is 0 Å². The van der Waals surface area contributed by atoms with E-state index in [2.05, 4.69) is 0 Å². The zero-order chi connectivity index (χ0) is 7.14. The monoisotopic (exact) mass is 144 g/mol. The molecule has 2 saturated heterocycles. The first kappa shape index (κ1) is 6.27. The van der Waals surface area contributed by atoms with Crippen molar-refractivity contribution in [1.29, 1.82) is 0 Å². The number of carbonyl (C=O) groups excluding carboxylic acids is 1. The minimum Gasteiger partial charge on any atom is -0.388 e. The number of hydrogen-bond acceptors (Lipinski definition) is 4. The predicted molar refractivity (Wildman–Crippen MR) is 30.5 cm³/mol. The first-order valence-corrected chi connectivity index (χ1v) is 3.23. The van der Waals surface area contributed by atoms with Crippen LogP contribution in [-0.2, 0) is 14.3 Å². The second-order valence-corrected chi connectivity index (χ2v) is 2.56. The molecule has 0 amide bonds. The number of ketones is 1. The fraction of sp³-hybridized carbons (Fsp3) is 0.833. The van der Waals surface area contributed by atoms with Gasteiger partial charge in [0.1, 0.15) is 24.9 Å². The molecule has 0 aromatic carbocycles. The second kappa shape index (κ2) is 2.02. The number of ether oxygens (including phenoxy) is 2. The Hall–Kier alpha value is -0.450. The Kier molecular flexibility index (Phi) is 1.26. The van der Waals surface area contributed by atoms with Crippen LogP contribution in [0.1, 0.15) is 0 Å². The van der Waals surface area contributed by atoms with E-state index >= 15 is 0 Å². The van der Waals surface area contributed by atoms with Crippen LogP contribution in [0.3, 0.4) is 0 Å². The van der Waals surface area contributed by atoms with Gasteiger partial charge >= 0.3 is 0 Å². The van der Waals surface area contributed by atoms with Crippen LogP contribution in [0.25, 0.3) is 0 Å². The minimum atomic E-state index is -0.614. The summed E-state index contributed by atoms with van der Waals surface area (Å²) in [5, 5.41) is 9.11. The van der Waals surface area contributed by atoms with Gasteiger partial charge in [-0.05, 0) is 0 Å². The maximum atomic E-state index is 10.8. The van der Waals surface area contributed by atoms with Crippen molar-refractivity contribution in [2.45, 2.75) is 18.3 Å². The third kappa shape index (κ3) is 0.697. The van der Waals surface area contributed by atoms with Gasteiger partial charge in [0.2, 0.25) is 0 Å². The Morgan fingerprint density at radius 1 is 1.50 bits per heavy atom. The van der Waals surface area contributed by atoms with E-state index in [1.807, 2.05) is 0 Å². The number of hydrogen-bond donors (Lipinski definition) is 1. The molecule has 0 unspecified atom stereocenters. The topological polar surface area (TPSA) is 55.8 Å². The molecule has 0 radical (unpaired) electrons. The van der Waals surface area contributed by atoms with Gasteiger partial charge in [-0.3, -0.25) is 4.79 Å². The van der Waals surface area contributed by atoms with Crippen LogP contribution < -0.4 is 0 Å². The molecule has 1 N–H and O–H groups in total. The third-order valence-electron chi connectivity index (χ3n) is 1.86. The molecule has 0 bridgehead atoms. The molecule has 2 heterocycles. The van der Waals surface area contributed by atoms with E-state index in [9.17, 15) is 4.79 Å². The van der Waals surface area contributed by atoms with E-state index in [1.54, 1.807) is 0 Å². The molecule has 0 aliphatic carbocycles. The summed E-state index contributed by atoms with van der Waals surface area (Å²) in [6.45, 7) is 0.313. The molecular formula is C6H8O4. The normalized spacial score (nSPS) is 46.1. The van der Waals surface area contributed by atoms with Crippen LogP contribution in [0.2, 0.25) is 0 Å². The SMILES string of the molecule is O=C1CO[C@H]2[C@H](O)CO[C@@H]12. The van der Waals surface area contributed by atoms with Crippen LogP contribution in [0.5, 0.6) is 0 Å². The fourth-order valence-electron chi connectivity index (χ4n) is 1.33. The summed E-state index contributed by atoms with van der Waals surface area (Å²) < 4.78 is 9.95. The van der Waals surface area contributed by atoms with Gasteiger partial charge in [0.05, 0.1) is 6.61 Å². The van der Waals surface area contributed by atoms with Crippen LogP contribution in [-0.4, -0.2) is 42.4 Å². The summed E-state index contributed by atoms with van der Waals surface area (Å²) in [5.74, 6) is -0.0541. The van der Waals surface area contributed by atoms with Crippen molar-refractivity contribution in [3.63, 3.8) is 0 Å². The van der Waals surface area contributed by atoms with Gasteiger partial charge in [-0.1, -0.05) is 0 Å². The molecule has 2 aliphatic heterocycles. The Balaban J connectivity index is 2.16. The molecule has 2 rings (SSSR count). The lowest BCUT2D eigenvalue weighted by Gasteiger charge is -2.06. The van der Waals surface area contributed by atoms with Gasteiger partial charge in [-0.25, -0.2) is 0 Å². The van der Waals surface area contributed by atoms with E-state index in [1.165, 1.54) is 0 Å². The number of fused-ring (bicyclic) bond motifs is 1. The summed E-state index contributed by atoms with van der Waals surface area (Å²) >= 11 is 0. The first-order valence-electron chi connectivity index (χ1n) is 3.23. The maximum absolute atomic E-state index is 10.8. The van der Waals surface area contributed by atoms with Crippen LogP contribution in [0.15, 0.2) is 0 Å². The Bertz CT molecular complexity index is 167. The lowest BCUT2D eigenvalue weighted by Crippen LogP contribution is -2.28. The third-order valence-corrected chi connectivity index (χ3v) is 1.86. The van der Waals surface area contributed by atoms with Crippen LogP contribution in [0, 0.1) is 0 Å². The van der Waals surface area contributed by atoms with Crippen LogP contribution >= 0.6 is 0 Å². The summed E-state index contributed by atoms with van der Waals surface area (Å²) in [4.78, 5) is 10.8. The Morgan fingerprint density at radius 3 is 3.00 bits per heavy atom. The zero-order valence-electron chi connectivity index (χ0n) is 5.32. The number of aliphatic hydroxyl groups is 1. The molecule has 0 aromatic rings. The van der Waals surface area contributed by atoms with Gasteiger partial charge in [-0.2, -0.15) is 0 Å². The number of rotatable bonds is 0. The molecule has 2 fully saturated rings. The van der Waals surface area contributed by atoms with Crippen molar-refractivity contribution < 1.29 is 19.4 Å². The second-order valence-electron chi connectivity index (χ2n) is 2.56. The maximum Gasteiger partial charge on any atom is 0.189 e. The Labute approximate surface area is 57.7 Å². The molecule has 3 atom stereocenters. The van der Waals surface area contributed by atoms with E-state index in [0.717, 1.165) is 0 Å². The highest BCUT2D eigenvalue weighted by molar-refractivity contribution is 5.87. The number of Topliss-reactive ketones (excluding diaryl/α,β-unsaturated/α-hetero) is 1. The number of aliphatic hydroxyl groups excluding tert-OH is 1. The van der Waals surface area contributed by atoms with E-state index in [4.69, 9.17) is 14.6 Å². The molecule has 0 spiro atoms. The van der Waals surface area contributed by atoms with Gasteiger partial charge in [0.15, 0.2) is 5.78 Å². The highest BCUT2D eigenvalue weighted by Crippen LogP contribution is 2.23. The molecule has 2 aliphatic rings. The van der Waals surface area contributed by atoms with E-state index in [-0.39, 0.29) is 19.0 Å². The first-order chi connectivity index (χ1) is 4.79. The van der Waals surface area contributed by atoms with Gasteiger partial charge in [0.25, 0.3) is 0 Å². The van der Waals surface area contributed by atoms with Gasteiger partial charge < -0.3 is 14.6 Å². The molecule has 56 valence electrons. The number of carbonyl (C=O) groups is 1. The smallest absolute Gasteiger partial charge is 0.189 e. The average molecular weight is 144 g/mol. The molecule has 0 aromatic heterocycles. The largest absolute Gasteiger partial charge is 0.388 e. The average Bonchev–Trinajstić information content (AvgIpc) is 2.41. The van der Waals surface area contributed by atoms with Crippen molar-refractivity contribution in [2.75, 3.05) is 13.2 Å². The quantitative estimate of drug-likeness (QED) is 0.459. The fourth-order valence-corrected chi connectivity index (χ4v) is 1.33. The highest BCUT2D eigenvalue weighted by atomic mass is 16.6. The molecule has 0 saturated carbocycles. The molecule has 4 heteroatoms. The van der Waals surface area contributed by atoms with Crippen molar-refractivity contribution in [3.05, 3.63) is 0 Å². The van der Waals surface area contributed by atoms with Gasteiger partial charge in [0, 0.05) is 0 Å². The standard InChI is InChI=1S/C6H8O4/c7-3-1-9-6-4(8)2-10-5(3)6/h3,5-7H,1-2H2/t3-,5+,6+/m1/s1. The van der Waals surface area contributed by atoms with Gasteiger partial charge in [-0.15, -0.1) is 0 Å². The lowest BCUT2D eigenvalue weighted by molar-refractivity contribution is -0.125. The van der Waals surface area contributed by atoms with Crippen molar-refractivity contribution in [1.82, 2.24) is 0 Å². The van der Waals surface area contributed by atoms with Crippen molar-refractivity contribution in [2.24, 2.45) is 0 Å². The molecule has 10 heavy (non-hydrogen) atoms. The van der Waals surface area contributed by atoms with E-state index in [0.29, 0.717) is 0 Å². The highest BCUT2D eigenvalue weighted by Gasteiger charge is 2.46. The summed E-state index contributed by atoms with van der Waals surface area (Å²) in [5.41, 5.74) is 0. The van der Waals surface area contributed by atoms with E-state index < -0.39 is 18.3 Å².